The van der Waals surface area contributed by atoms with Gasteiger partial charge in [-0.05, 0) is 24.6 Å². The van der Waals surface area contributed by atoms with Gasteiger partial charge in [0.2, 0.25) is 12.2 Å². The zero-order valence-electron chi connectivity index (χ0n) is 8.67. The predicted octanol–water partition coefficient (Wildman–Crippen LogP) is 1.83. The zero-order chi connectivity index (χ0) is 11.4. The third-order valence-electron chi connectivity index (χ3n) is 2.08. The quantitative estimate of drug-likeness (QED) is 0.780. The minimum Gasteiger partial charge on any atom is -0.485 e. The van der Waals surface area contributed by atoms with Crippen LogP contribution < -0.4 is 4.74 Å². The Bertz CT molecular complexity index is 515. The van der Waals surface area contributed by atoms with Crippen molar-refractivity contribution in [3.8, 4) is 11.8 Å². The van der Waals surface area contributed by atoms with Crippen LogP contribution in [0.15, 0.2) is 29.1 Å². The summed E-state index contributed by atoms with van der Waals surface area (Å²) in [4.78, 5) is 3.84. The van der Waals surface area contributed by atoms with Gasteiger partial charge in [0.1, 0.15) is 5.75 Å². The third-order valence-corrected chi connectivity index (χ3v) is 2.08. The van der Waals surface area contributed by atoms with Gasteiger partial charge < -0.3 is 9.26 Å². The average molecular weight is 215 g/mol. The van der Waals surface area contributed by atoms with E-state index in [9.17, 15) is 0 Å². The molecule has 0 radical (unpaired) electrons. The molecule has 0 saturated carbocycles. The summed E-state index contributed by atoms with van der Waals surface area (Å²) in [6.07, 6.45) is 1.25. The van der Waals surface area contributed by atoms with Crippen LogP contribution in [0, 0.1) is 18.3 Å². The van der Waals surface area contributed by atoms with Gasteiger partial charge in [0.25, 0.3) is 0 Å². The Balaban J connectivity index is 2.12. The Hall–Kier alpha value is -2.35. The monoisotopic (exact) mass is 215 g/mol. The summed E-state index contributed by atoms with van der Waals surface area (Å²) in [5.74, 6) is 1.13. The van der Waals surface area contributed by atoms with Crippen molar-refractivity contribution >= 4 is 0 Å². The minimum absolute atomic E-state index is 0.228. The number of aryl methyl sites for hydroxylation is 1. The number of nitriles is 1. The van der Waals surface area contributed by atoms with Crippen LogP contribution in [-0.4, -0.2) is 10.1 Å². The molecular formula is C11H9N3O2. The number of hydrogen-bond donors (Lipinski definition) is 0. The molecule has 1 aromatic heterocycles. The van der Waals surface area contributed by atoms with Crippen LogP contribution in [0.5, 0.6) is 5.75 Å². The SMILES string of the molecule is Cc1ccc(C#N)cc1OCc1ncon1. The molecule has 0 fully saturated rings. The number of hydrogen-bond acceptors (Lipinski definition) is 5. The number of nitrogens with zero attached hydrogens (tertiary/aromatic N) is 3. The summed E-state index contributed by atoms with van der Waals surface area (Å²) in [5, 5.41) is 12.4. The van der Waals surface area contributed by atoms with E-state index in [0.29, 0.717) is 17.1 Å². The number of benzene rings is 1. The van der Waals surface area contributed by atoms with Crippen molar-refractivity contribution in [1.82, 2.24) is 10.1 Å². The second-order valence-electron chi connectivity index (χ2n) is 3.23. The van der Waals surface area contributed by atoms with E-state index in [1.165, 1.54) is 6.39 Å². The van der Waals surface area contributed by atoms with Gasteiger partial charge >= 0.3 is 0 Å². The molecule has 0 amide bonds. The molecular weight excluding hydrogens is 206 g/mol. The first kappa shape index (κ1) is 10.2. The van der Waals surface area contributed by atoms with Gasteiger partial charge in [-0.2, -0.15) is 10.2 Å². The maximum atomic E-state index is 8.76. The van der Waals surface area contributed by atoms with Crippen LogP contribution in [0.2, 0.25) is 0 Å². The van der Waals surface area contributed by atoms with Gasteiger partial charge in [0.05, 0.1) is 11.6 Å². The molecule has 0 N–H and O–H groups in total. The van der Waals surface area contributed by atoms with Crippen molar-refractivity contribution in [1.29, 1.82) is 5.26 Å². The van der Waals surface area contributed by atoms with Crippen molar-refractivity contribution in [2.24, 2.45) is 0 Å². The highest BCUT2D eigenvalue weighted by atomic mass is 16.5. The average Bonchev–Trinajstić information content (AvgIpc) is 2.81. The molecule has 5 nitrogen and oxygen atoms in total. The summed E-state index contributed by atoms with van der Waals surface area (Å²) in [6.45, 7) is 2.14. The molecule has 2 aromatic rings. The number of ether oxygens (including phenoxy) is 1. The lowest BCUT2D eigenvalue weighted by atomic mass is 10.1. The molecule has 0 atom stereocenters. The Morgan fingerprint density at radius 2 is 2.38 bits per heavy atom. The summed E-state index contributed by atoms with van der Waals surface area (Å²) in [5.41, 5.74) is 1.52. The van der Waals surface area contributed by atoms with E-state index in [0.717, 1.165) is 5.56 Å². The topological polar surface area (TPSA) is 71.9 Å². The van der Waals surface area contributed by atoms with Crippen molar-refractivity contribution < 1.29 is 9.26 Å². The number of rotatable bonds is 3. The van der Waals surface area contributed by atoms with E-state index in [1.807, 2.05) is 13.0 Å². The molecule has 80 valence electrons. The van der Waals surface area contributed by atoms with Crippen LogP contribution in [-0.2, 0) is 6.61 Å². The summed E-state index contributed by atoms with van der Waals surface area (Å²) in [7, 11) is 0. The minimum atomic E-state index is 0.228. The van der Waals surface area contributed by atoms with Crippen LogP contribution in [0.4, 0.5) is 0 Å². The third kappa shape index (κ3) is 2.17. The zero-order valence-corrected chi connectivity index (χ0v) is 8.67. The molecule has 1 aromatic carbocycles. The predicted molar refractivity (Wildman–Crippen MR) is 54.5 cm³/mol. The lowest BCUT2D eigenvalue weighted by molar-refractivity contribution is 0.285. The first-order valence-electron chi connectivity index (χ1n) is 4.68. The van der Waals surface area contributed by atoms with Gasteiger partial charge in [-0.1, -0.05) is 11.2 Å². The largest absolute Gasteiger partial charge is 0.485 e. The Kier molecular flexibility index (Phi) is 2.83. The second kappa shape index (κ2) is 4.45. The highest BCUT2D eigenvalue weighted by Gasteiger charge is 2.04. The van der Waals surface area contributed by atoms with Gasteiger partial charge in [-0.25, -0.2) is 0 Å². The molecule has 0 aliphatic carbocycles. The maximum absolute atomic E-state index is 8.76. The Morgan fingerprint density at radius 1 is 1.50 bits per heavy atom. The first-order chi connectivity index (χ1) is 7.79. The summed E-state index contributed by atoms with van der Waals surface area (Å²) >= 11 is 0. The van der Waals surface area contributed by atoms with Gasteiger partial charge in [-0.3, -0.25) is 0 Å². The van der Waals surface area contributed by atoms with E-state index in [2.05, 4.69) is 20.7 Å². The molecule has 0 unspecified atom stereocenters. The Labute approximate surface area is 92.3 Å². The first-order valence-corrected chi connectivity index (χ1v) is 4.68. The highest BCUT2D eigenvalue weighted by Crippen LogP contribution is 2.19. The molecule has 16 heavy (non-hydrogen) atoms. The van der Waals surface area contributed by atoms with E-state index in [4.69, 9.17) is 10.00 Å². The molecule has 0 saturated heterocycles. The van der Waals surface area contributed by atoms with Crippen LogP contribution in [0.3, 0.4) is 0 Å². The van der Waals surface area contributed by atoms with E-state index in [1.54, 1.807) is 12.1 Å². The van der Waals surface area contributed by atoms with Crippen LogP contribution in [0.1, 0.15) is 17.0 Å². The molecule has 2 rings (SSSR count). The van der Waals surface area contributed by atoms with Gasteiger partial charge in [0.15, 0.2) is 6.61 Å². The van der Waals surface area contributed by atoms with Crippen LogP contribution in [0.25, 0.3) is 0 Å². The molecule has 0 aliphatic heterocycles. The standard InChI is InChI=1S/C11H9N3O2/c1-8-2-3-9(5-12)4-10(8)15-6-11-13-7-16-14-11/h2-4,7H,6H2,1H3. The molecule has 0 spiro atoms. The highest BCUT2D eigenvalue weighted by molar-refractivity contribution is 5.41. The fourth-order valence-electron chi connectivity index (χ4n) is 1.22. The lowest BCUT2D eigenvalue weighted by Gasteiger charge is -2.06. The van der Waals surface area contributed by atoms with Gasteiger partial charge in [-0.15, -0.1) is 0 Å². The van der Waals surface area contributed by atoms with E-state index < -0.39 is 0 Å². The molecule has 5 heteroatoms. The summed E-state index contributed by atoms with van der Waals surface area (Å²) in [6, 6.07) is 7.33. The smallest absolute Gasteiger partial charge is 0.213 e. The van der Waals surface area contributed by atoms with Crippen molar-refractivity contribution in [3.05, 3.63) is 41.5 Å². The second-order valence-corrected chi connectivity index (χ2v) is 3.23. The van der Waals surface area contributed by atoms with Gasteiger partial charge in [0, 0.05) is 0 Å². The Morgan fingerprint density at radius 3 is 3.06 bits per heavy atom. The van der Waals surface area contributed by atoms with E-state index in [-0.39, 0.29) is 6.61 Å². The lowest BCUT2D eigenvalue weighted by Crippen LogP contribution is -1.99. The summed E-state index contributed by atoms with van der Waals surface area (Å²) < 4.78 is 10.1. The normalized spacial score (nSPS) is 9.75. The fourth-order valence-corrected chi connectivity index (χ4v) is 1.22. The molecule has 0 bridgehead atoms. The molecule has 1 heterocycles. The van der Waals surface area contributed by atoms with Crippen LogP contribution >= 0.6 is 0 Å². The fraction of sp³-hybridized carbons (Fsp3) is 0.182. The van der Waals surface area contributed by atoms with Crippen molar-refractivity contribution in [2.75, 3.05) is 0 Å². The number of aromatic nitrogens is 2. The molecule has 0 aliphatic rings. The van der Waals surface area contributed by atoms with Crippen molar-refractivity contribution in [3.63, 3.8) is 0 Å². The van der Waals surface area contributed by atoms with Crippen molar-refractivity contribution in [2.45, 2.75) is 13.5 Å². The maximum Gasteiger partial charge on any atom is 0.213 e. The van der Waals surface area contributed by atoms with E-state index >= 15 is 0 Å².